The number of hydrogen-bond donors (Lipinski definition) is 0. The Morgan fingerprint density at radius 1 is 1.39 bits per heavy atom. The number of nitrogens with zero attached hydrogens (tertiary/aromatic N) is 2. The molecule has 0 N–H and O–H groups in total. The lowest BCUT2D eigenvalue weighted by Crippen LogP contribution is -2.35. The zero-order valence-electron chi connectivity index (χ0n) is 10.1. The van der Waals surface area contributed by atoms with Crippen LogP contribution in [-0.2, 0) is 11.2 Å². The van der Waals surface area contributed by atoms with E-state index in [0.29, 0.717) is 25.4 Å². The number of benzene rings is 1. The monoisotopic (exact) mass is 306 g/mol. The minimum atomic E-state index is 0.134. The molecule has 1 aromatic carbocycles. The van der Waals surface area contributed by atoms with Crippen LogP contribution >= 0.6 is 15.9 Å². The predicted molar refractivity (Wildman–Crippen MR) is 72.8 cm³/mol. The molecule has 1 aliphatic carbocycles. The Bertz CT molecular complexity index is 460. The number of carbonyl (C=O) groups excluding carboxylic acids is 1. The summed E-state index contributed by atoms with van der Waals surface area (Å²) in [4.78, 5) is 14.1. The summed E-state index contributed by atoms with van der Waals surface area (Å²) >= 11 is 3.38. The Kier molecular flexibility index (Phi) is 4.38. The van der Waals surface area contributed by atoms with Crippen molar-refractivity contribution in [2.24, 2.45) is 0 Å². The second-order valence-electron chi connectivity index (χ2n) is 4.53. The number of halogens is 1. The zero-order valence-corrected chi connectivity index (χ0v) is 11.7. The van der Waals surface area contributed by atoms with Crippen molar-refractivity contribution in [2.45, 2.75) is 31.7 Å². The summed E-state index contributed by atoms with van der Waals surface area (Å²) in [6, 6.07) is 10.3. The third-order valence-electron chi connectivity index (χ3n) is 3.04. The maximum absolute atomic E-state index is 12.2. The van der Waals surface area contributed by atoms with E-state index in [9.17, 15) is 4.79 Å². The van der Waals surface area contributed by atoms with Gasteiger partial charge in [0.25, 0.3) is 0 Å². The van der Waals surface area contributed by atoms with E-state index >= 15 is 0 Å². The molecule has 4 heteroatoms. The molecular weight excluding hydrogens is 292 g/mol. The highest BCUT2D eigenvalue weighted by Crippen LogP contribution is 2.27. The average molecular weight is 307 g/mol. The van der Waals surface area contributed by atoms with Crippen molar-refractivity contribution in [1.29, 1.82) is 5.26 Å². The van der Waals surface area contributed by atoms with Gasteiger partial charge in [-0.2, -0.15) is 5.26 Å². The molecule has 1 aromatic rings. The third kappa shape index (κ3) is 3.58. The maximum Gasteiger partial charge on any atom is 0.227 e. The fourth-order valence-corrected chi connectivity index (χ4v) is 2.21. The van der Waals surface area contributed by atoms with Gasteiger partial charge in [0, 0.05) is 17.1 Å². The summed E-state index contributed by atoms with van der Waals surface area (Å²) in [5.41, 5.74) is 1.02. The molecule has 0 spiro atoms. The van der Waals surface area contributed by atoms with Gasteiger partial charge < -0.3 is 4.90 Å². The van der Waals surface area contributed by atoms with E-state index in [1.54, 1.807) is 0 Å². The van der Waals surface area contributed by atoms with Crippen molar-refractivity contribution in [2.75, 3.05) is 6.54 Å². The standard InChI is InChI=1S/C14H15BrN2O/c15-12-4-2-11(3-5-12)10-14(18)17(9-1-8-16)13-6-7-13/h2-5,13H,1,6-7,9-10H2. The molecule has 0 aromatic heterocycles. The van der Waals surface area contributed by atoms with Crippen LogP contribution in [0.25, 0.3) is 0 Å². The normalized spacial score (nSPS) is 14.0. The molecule has 2 rings (SSSR count). The van der Waals surface area contributed by atoms with E-state index in [1.807, 2.05) is 29.2 Å². The molecule has 0 atom stereocenters. The lowest BCUT2D eigenvalue weighted by atomic mass is 10.1. The van der Waals surface area contributed by atoms with Crippen LogP contribution in [-0.4, -0.2) is 23.4 Å². The Labute approximate surface area is 116 Å². The molecule has 0 radical (unpaired) electrons. The van der Waals surface area contributed by atoms with Gasteiger partial charge in [0.05, 0.1) is 18.9 Å². The van der Waals surface area contributed by atoms with Gasteiger partial charge in [-0.25, -0.2) is 0 Å². The molecule has 1 amide bonds. The number of nitriles is 1. The van der Waals surface area contributed by atoms with Gasteiger partial charge in [-0.15, -0.1) is 0 Å². The summed E-state index contributed by atoms with van der Waals surface area (Å²) in [5.74, 6) is 0.134. The Morgan fingerprint density at radius 2 is 2.06 bits per heavy atom. The van der Waals surface area contributed by atoms with E-state index in [-0.39, 0.29) is 5.91 Å². The second kappa shape index (κ2) is 6.01. The van der Waals surface area contributed by atoms with E-state index < -0.39 is 0 Å². The fraction of sp³-hybridized carbons (Fsp3) is 0.429. The first-order valence-electron chi connectivity index (χ1n) is 6.11. The second-order valence-corrected chi connectivity index (χ2v) is 5.45. The predicted octanol–water partition coefficient (Wildman–Crippen LogP) is 2.90. The van der Waals surface area contributed by atoms with Crippen LogP contribution in [0.5, 0.6) is 0 Å². The van der Waals surface area contributed by atoms with Crippen molar-refractivity contribution in [1.82, 2.24) is 4.90 Å². The highest BCUT2D eigenvalue weighted by atomic mass is 79.9. The van der Waals surface area contributed by atoms with Gasteiger partial charge >= 0.3 is 0 Å². The summed E-state index contributed by atoms with van der Waals surface area (Å²) in [5, 5.41) is 8.63. The molecule has 94 valence electrons. The van der Waals surface area contributed by atoms with Gasteiger partial charge in [-0.05, 0) is 30.5 Å². The van der Waals surface area contributed by atoms with E-state index in [0.717, 1.165) is 22.9 Å². The number of rotatable bonds is 5. The molecule has 0 heterocycles. The SMILES string of the molecule is N#CCCN(C(=O)Cc1ccc(Br)cc1)C1CC1. The highest BCUT2D eigenvalue weighted by molar-refractivity contribution is 9.10. The van der Waals surface area contributed by atoms with Crippen LogP contribution in [0, 0.1) is 11.3 Å². The number of amides is 1. The molecule has 0 aliphatic heterocycles. The van der Waals surface area contributed by atoms with Gasteiger partial charge in [-0.1, -0.05) is 28.1 Å². The lowest BCUT2D eigenvalue weighted by molar-refractivity contribution is -0.131. The molecule has 1 saturated carbocycles. The molecule has 1 aliphatic rings. The summed E-state index contributed by atoms with van der Waals surface area (Å²) in [6.07, 6.45) is 3.01. The first-order valence-corrected chi connectivity index (χ1v) is 6.91. The highest BCUT2D eigenvalue weighted by Gasteiger charge is 2.31. The molecule has 3 nitrogen and oxygen atoms in total. The molecular formula is C14H15BrN2O. The van der Waals surface area contributed by atoms with Crippen molar-refractivity contribution >= 4 is 21.8 Å². The Morgan fingerprint density at radius 3 is 2.61 bits per heavy atom. The van der Waals surface area contributed by atoms with E-state index in [2.05, 4.69) is 22.0 Å². The topological polar surface area (TPSA) is 44.1 Å². The number of hydrogen-bond acceptors (Lipinski definition) is 2. The van der Waals surface area contributed by atoms with Crippen molar-refractivity contribution in [3.05, 3.63) is 34.3 Å². The first kappa shape index (κ1) is 13.1. The van der Waals surface area contributed by atoms with Crippen LogP contribution in [0.15, 0.2) is 28.7 Å². The number of carbonyl (C=O) groups is 1. The maximum atomic E-state index is 12.2. The smallest absolute Gasteiger partial charge is 0.227 e. The Balaban J connectivity index is 1.96. The molecule has 0 saturated heterocycles. The van der Waals surface area contributed by atoms with Crippen LogP contribution in [0.4, 0.5) is 0 Å². The average Bonchev–Trinajstić information content (AvgIpc) is 3.17. The van der Waals surface area contributed by atoms with Gasteiger partial charge in [-0.3, -0.25) is 4.79 Å². The Hall–Kier alpha value is -1.34. The molecule has 1 fully saturated rings. The molecule has 0 unspecified atom stereocenters. The largest absolute Gasteiger partial charge is 0.338 e. The first-order chi connectivity index (χ1) is 8.70. The van der Waals surface area contributed by atoms with Crippen LogP contribution in [0.3, 0.4) is 0 Å². The fourth-order valence-electron chi connectivity index (χ4n) is 1.95. The van der Waals surface area contributed by atoms with Crippen molar-refractivity contribution < 1.29 is 4.79 Å². The summed E-state index contributed by atoms with van der Waals surface area (Å²) < 4.78 is 1.02. The van der Waals surface area contributed by atoms with E-state index in [1.165, 1.54) is 0 Å². The van der Waals surface area contributed by atoms with Crippen LogP contribution in [0.1, 0.15) is 24.8 Å². The van der Waals surface area contributed by atoms with Crippen LogP contribution < -0.4 is 0 Å². The third-order valence-corrected chi connectivity index (χ3v) is 3.57. The minimum Gasteiger partial charge on any atom is -0.338 e. The summed E-state index contributed by atoms with van der Waals surface area (Å²) in [6.45, 7) is 0.566. The zero-order chi connectivity index (χ0) is 13.0. The van der Waals surface area contributed by atoms with E-state index in [4.69, 9.17) is 5.26 Å². The van der Waals surface area contributed by atoms with Gasteiger partial charge in [0.15, 0.2) is 0 Å². The lowest BCUT2D eigenvalue weighted by Gasteiger charge is -2.21. The molecule has 18 heavy (non-hydrogen) atoms. The van der Waals surface area contributed by atoms with Crippen LogP contribution in [0.2, 0.25) is 0 Å². The minimum absolute atomic E-state index is 0.134. The quantitative estimate of drug-likeness (QED) is 0.839. The van der Waals surface area contributed by atoms with Crippen molar-refractivity contribution in [3.8, 4) is 6.07 Å². The van der Waals surface area contributed by atoms with Gasteiger partial charge in [0.1, 0.15) is 0 Å². The van der Waals surface area contributed by atoms with Crippen molar-refractivity contribution in [3.63, 3.8) is 0 Å². The molecule has 0 bridgehead atoms. The van der Waals surface area contributed by atoms with Gasteiger partial charge in [0.2, 0.25) is 5.91 Å². The summed E-state index contributed by atoms with van der Waals surface area (Å²) in [7, 11) is 0.